The predicted molar refractivity (Wildman–Crippen MR) is 213 cm³/mol. The number of quaternary nitrogens is 1. The lowest BCUT2D eigenvalue weighted by Crippen LogP contribution is -2.37. The monoisotopic (exact) mass is 742 g/mol. The van der Waals surface area contributed by atoms with E-state index in [1.807, 2.05) is 21.1 Å². The van der Waals surface area contributed by atoms with Gasteiger partial charge in [-0.3, -0.25) is 9.36 Å². The fourth-order valence-electron chi connectivity index (χ4n) is 5.39. The van der Waals surface area contributed by atoms with Crippen LogP contribution in [0, 0.1) is 0 Å². The molecular weight excluding hydrogens is 661 g/mol. The lowest BCUT2D eigenvalue weighted by atomic mass is 10.1. The summed E-state index contributed by atoms with van der Waals surface area (Å²) in [7, 11) is 1.34. The van der Waals surface area contributed by atoms with Crippen LogP contribution in [0.5, 0.6) is 0 Å². The first-order chi connectivity index (χ1) is 24.6. The quantitative estimate of drug-likeness (QED) is 0.0204. The Kier molecular flexibility index (Phi) is 34.8. The minimum absolute atomic E-state index is 0.0219. The molecule has 51 heavy (non-hydrogen) atoms. The summed E-state index contributed by atoms with van der Waals surface area (Å²) in [4.78, 5) is 25.0. The van der Waals surface area contributed by atoms with Crippen LogP contribution >= 0.6 is 7.82 Å². The molecular formula is C42H80NO7P. The fourth-order valence-corrected chi connectivity index (χ4v) is 6.12. The number of phosphoric ester groups is 1. The Hall–Kier alpha value is -1.28. The number of phosphoric acid groups is 1. The molecule has 2 unspecified atom stereocenters. The summed E-state index contributed by atoms with van der Waals surface area (Å²) in [6.07, 6.45) is 40.1. The first-order valence-electron chi connectivity index (χ1n) is 20.7. The minimum Gasteiger partial charge on any atom is -0.756 e. The zero-order chi connectivity index (χ0) is 37.7. The number of rotatable bonds is 38. The van der Waals surface area contributed by atoms with Crippen molar-refractivity contribution < 1.29 is 37.3 Å². The highest BCUT2D eigenvalue weighted by molar-refractivity contribution is 7.45. The van der Waals surface area contributed by atoms with Crippen LogP contribution < -0.4 is 4.89 Å². The first-order valence-corrected chi connectivity index (χ1v) is 22.2. The number of esters is 1. The van der Waals surface area contributed by atoms with Crippen LogP contribution in [0.25, 0.3) is 0 Å². The van der Waals surface area contributed by atoms with Crippen molar-refractivity contribution in [1.82, 2.24) is 0 Å². The molecule has 0 spiro atoms. The minimum atomic E-state index is -4.52. The summed E-state index contributed by atoms with van der Waals surface area (Å²) < 4.78 is 34.5. The van der Waals surface area contributed by atoms with Gasteiger partial charge in [0.2, 0.25) is 0 Å². The highest BCUT2D eigenvalue weighted by atomic mass is 31.2. The van der Waals surface area contributed by atoms with Crippen LogP contribution in [0.4, 0.5) is 0 Å². The molecule has 8 nitrogen and oxygen atoms in total. The predicted octanol–water partition coefficient (Wildman–Crippen LogP) is 11.2. The van der Waals surface area contributed by atoms with Crippen molar-refractivity contribution >= 4 is 13.8 Å². The van der Waals surface area contributed by atoms with Gasteiger partial charge in [-0.05, 0) is 70.6 Å². The third kappa shape index (κ3) is 39.8. The van der Waals surface area contributed by atoms with Gasteiger partial charge in [0.1, 0.15) is 19.3 Å². The number of carbonyl (C=O) groups is 1. The van der Waals surface area contributed by atoms with Crippen LogP contribution in [-0.2, 0) is 27.9 Å². The number of hydrogen-bond acceptors (Lipinski definition) is 7. The first kappa shape index (κ1) is 49.7. The smallest absolute Gasteiger partial charge is 0.306 e. The number of hydrogen-bond donors (Lipinski definition) is 0. The maximum atomic E-state index is 12.6. The largest absolute Gasteiger partial charge is 0.756 e. The van der Waals surface area contributed by atoms with Crippen molar-refractivity contribution in [3.05, 3.63) is 36.5 Å². The van der Waals surface area contributed by atoms with E-state index in [4.69, 9.17) is 18.5 Å². The molecule has 0 aliphatic rings. The second kappa shape index (κ2) is 35.7. The van der Waals surface area contributed by atoms with Gasteiger partial charge in [0.15, 0.2) is 0 Å². The van der Waals surface area contributed by atoms with Gasteiger partial charge in [-0.2, -0.15) is 0 Å². The third-order valence-electron chi connectivity index (χ3n) is 8.66. The second-order valence-corrected chi connectivity index (χ2v) is 16.4. The van der Waals surface area contributed by atoms with Crippen LogP contribution in [-0.4, -0.2) is 70.7 Å². The summed E-state index contributed by atoms with van der Waals surface area (Å²) in [6, 6.07) is 0. The zero-order valence-electron chi connectivity index (χ0n) is 33.8. The van der Waals surface area contributed by atoms with Crippen molar-refractivity contribution in [3.8, 4) is 0 Å². The van der Waals surface area contributed by atoms with Gasteiger partial charge >= 0.3 is 5.97 Å². The third-order valence-corrected chi connectivity index (χ3v) is 9.63. The average Bonchev–Trinajstić information content (AvgIpc) is 3.08. The molecule has 0 amide bonds. The SMILES string of the molecule is CCCCC/C=C\CCCCCCCC(=O)OC(COCCCCCCCC/C=C\C/C=C\CCCCCC)COP(=O)([O-])OCC[N+](C)(C)C. The van der Waals surface area contributed by atoms with Crippen LogP contribution in [0.3, 0.4) is 0 Å². The molecule has 0 fully saturated rings. The molecule has 0 aromatic rings. The van der Waals surface area contributed by atoms with E-state index in [0.29, 0.717) is 24.1 Å². The highest BCUT2D eigenvalue weighted by Crippen LogP contribution is 2.38. The summed E-state index contributed by atoms with van der Waals surface area (Å²) >= 11 is 0. The lowest BCUT2D eigenvalue weighted by molar-refractivity contribution is -0.870. The highest BCUT2D eigenvalue weighted by Gasteiger charge is 2.20. The van der Waals surface area contributed by atoms with E-state index < -0.39 is 13.9 Å². The molecule has 2 atom stereocenters. The van der Waals surface area contributed by atoms with Crippen molar-refractivity contribution in [3.63, 3.8) is 0 Å². The number of allylic oxidation sites excluding steroid dienone is 6. The Balaban J connectivity index is 4.28. The molecule has 0 radical (unpaired) electrons. The summed E-state index contributed by atoms with van der Waals surface area (Å²) in [6.45, 7) is 5.33. The van der Waals surface area contributed by atoms with E-state index in [9.17, 15) is 14.3 Å². The summed E-state index contributed by atoms with van der Waals surface area (Å²) in [5.74, 6) is -0.349. The Labute approximate surface area is 315 Å². The van der Waals surface area contributed by atoms with Gasteiger partial charge in [0, 0.05) is 13.0 Å². The van der Waals surface area contributed by atoms with Gasteiger partial charge in [-0.15, -0.1) is 0 Å². The van der Waals surface area contributed by atoms with Crippen molar-refractivity contribution in [2.24, 2.45) is 0 Å². The standard InChI is InChI=1S/C42H80NO7P/c1-6-8-10-12-14-16-18-20-21-22-23-24-26-28-30-32-34-37-47-39-41(40-49-51(45,46)48-38-36-43(3,4)5)50-42(44)35-33-31-29-27-25-19-17-15-13-11-9-7-2/h15-18,21-22,41H,6-14,19-20,23-40H2,1-5H3/b17-15-,18-16-,22-21-. The van der Waals surface area contributed by atoms with E-state index in [-0.39, 0.29) is 25.8 Å². The molecule has 0 saturated carbocycles. The van der Waals surface area contributed by atoms with Gasteiger partial charge in [0.05, 0.1) is 34.4 Å². The molecule has 0 bridgehead atoms. The number of ether oxygens (including phenoxy) is 2. The number of nitrogens with zero attached hydrogens (tertiary/aromatic N) is 1. The van der Waals surface area contributed by atoms with Crippen molar-refractivity contribution in [1.29, 1.82) is 0 Å². The van der Waals surface area contributed by atoms with E-state index >= 15 is 0 Å². The van der Waals surface area contributed by atoms with Gasteiger partial charge < -0.3 is 27.9 Å². The topological polar surface area (TPSA) is 94.1 Å². The van der Waals surface area contributed by atoms with E-state index in [1.165, 1.54) is 83.5 Å². The average molecular weight is 742 g/mol. The van der Waals surface area contributed by atoms with Crippen LogP contribution in [0.1, 0.15) is 168 Å². The van der Waals surface area contributed by atoms with E-state index in [0.717, 1.165) is 64.2 Å². The number of unbranched alkanes of at least 4 members (excludes halogenated alkanes) is 18. The van der Waals surface area contributed by atoms with Crippen LogP contribution in [0.2, 0.25) is 0 Å². The van der Waals surface area contributed by atoms with E-state index in [2.05, 4.69) is 50.3 Å². The van der Waals surface area contributed by atoms with Crippen LogP contribution in [0.15, 0.2) is 36.5 Å². The van der Waals surface area contributed by atoms with Gasteiger partial charge in [0.25, 0.3) is 7.82 Å². The van der Waals surface area contributed by atoms with Crippen molar-refractivity contribution in [2.75, 3.05) is 54.1 Å². The fraction of sp³-hybridized carbons (Fsp3) is 0.833. The van der Waals surface area contributed by atoms with Crippen molar-refractivity contribution in [2.45, 2.75) is 174 Å². The number of carbonyl (C=O) groups excluding carboxylic acids is 1. The molecule has 0 heterocycles. The van der Waals surface area contributed by atoms with Gasteiger partial charge in [-0.1, -0.05) is 127 Å². The van der Waals surface area contributed by atoms with Gasteiger partial charge in [-0.25, -0.2) is 0 Å². The molecule has 0 rings (SSSR count). The Bertz CT molecular complexity index is 915. The second-order valence-electron chi connectivity index (χ2n) is 15.0. The Morgan fingerprint density at radius 3 is 1.65 bits per heavy atom. The zero-order valence-corrected chi connectivity index (χ0v) is 34.7. The molecule has 300 valence electrons. The molecule has 0 aromatic carbocycles. The molecule has 0 aliphatic heterocycles. The molecule has 9 heteroatoms. The molecule has 0 N–H and O–H groups in total. The van der Waals surface area contributed by atoms with E-state index in [1.54, 1.807) is 0 Å². The molecule has 0 aliphatic carbocycles. The maximum Gasteiger partial charge on any atom is 0.306 e. The normalized spacial score (nSPS) is 14.2. The lowest BCUT2D eigenvalue weighted by Gasteiger charge is -2.28. The summed E-state index contributed by atoms with van der Waals surface area (Å²) in [5, 5.41) is 0. The Morgan fingerprint density at radius 2 is 1.08 bits per heavy atom. The molecule has 0 saturated heterocycles. The summed E-state index contributed by atoms with van der Waals surface area (Å²) in [5.41, 5.74) is 0. The number of likely N-dealkylation sites (N-methyl/N-ethyl adjacent to an activating group) is 1. The maximum absolute atomic E-state index is 12.6. The Morgan fingerprint density at radius 1 is 0.608 bits per heavy atom. The molecule has 0 aromatic heterocycles.